The van der Waals surface area contributed by atoms with Crippen LogP contribution in [0.3, 0.4) is 0 Å². The van der Waals surface area contributed by atoms with Crippen LogP contribution < -0.4 is 0 Å². The first-order valence-electron chi connectivity index (χ1n) is 6.20. The summed E-state index contributed by atoms with van der Waals surface area (Å²) in [6, 6.07) is 0. The Bertz CT molecular complexity index is 229. The monoisotopic (exact) mass is 230 g/mol. The van der Waals surface area contributed by atoms with E-state index in [-0.39, 0.29) is 12.1 Å². The first-order chi connectivity index (χ1) is 7.71. The Morgan fingerprint density at radius 3 is 2.56 bits per heavy atom. The van der Waals surface area contributed by atoms with Crippen LogP contribution in [0, 0.1) is 0 Å². The summed E-state index contributed by atoms with van der Waals surface area (Å²) >= 11 is 0. The van der Waals surface area contributed by atoms with Crippen LogP contribution in [-0.4, -0.2) is 31.1 Å². The highest BCUT2D eigenvalue weighted by Crippen LogP contribution is 2.42. The molecule has 0 radical (unpaired) electrons. The van der Waals surface area contributed by atoms with E-state index in [4.69, 9.17) is 14.2 Å². The van der Waals surface area contributed by atoms with E-state index >= 15 is 0 Å². The number of carbonyl (C=O) groups is 1. The topological polar surface area (TPSA) is 48.1 Å². The molecule has 2 unspecified atom stereocenters. The van der Waals surface area contributed by atoms with Gasteiger partial charge in [0, 0.05) is 6.61 Å². The summed E-state index contributed by atoms with van der Waals surface area (Å²) in [5.74, 6) is -1.46. The molecule has 94 valence electrons. The van der Waals surface area contributed by atoms with E-state index in [1.165, 1.54) is 0 Å². The van der Waals surface area contributed by atoms with Crippen LogP contribution in [0.2, 0.25) is 0 Å². The summed E-state index contributed by atoms with van der Waals surface area (Å²) in [7, 11) is 0. The summed E-state index contributed by atoms with van der Waals surface area (Å²) in [5, 5.41) is 0. The van der Waals surface area contributed by atoms with Crippen LogP contribution in [0.1, 0.15) is 46.5 Å². The Labute approximate surface area is 97.2 Å². The second-order valence-electron chi connectivity index (χ2n) is 3.92. The molecule has 0 aromatic carbocycles. The van der Waals surface area contributed by atoms with Crippen molar-refractivity contribution in [3.8, 4) is 0 Å². The number of epoxide rings is 1. The van der Waals surface area contributed by atoms with Crippen molar-refractivity contribution in [2.75, 3.05) is 13.2 Å². The molecular weight excluding hydrogens is 208 g/mol. The second-order valence-corrected chi connectivity index (χ2v) is 3.92. The molecule has 1 saturated heterocycles. The normalized spacial score (nSPS) is 27.8. The van der Waals surface area contributed by atoms with Crippen molar-refractivity contribution in [1.82, 2.24) is 0 Å². The summed E-state index contributed by atoms with van der Waals surface area (Å²) in [5.41, 5.74) is 0. The molecule has 0 saturated carbocycles. The van der Waals surface area contributed by atoms with Gasteiger partial charge in [0.15, 0.2) is 0 Å². The van der Waals surface area contributed by atoms with Crippen molar-refractivity contribution < 1.29 is 19.0 Å². The van der Waals surface area contributed by atoms with Crippen molar-refractivity contribution in [3.63, 3.8) is 0 Å². The fourth-order valence-electron chi connectivity index (χ4n) is 1.82. The van der Waals surface area contributed by atoms with E-state index in [0.717, 1.165) is 25.7 Å². The standard InChI is InChI=1S/C12H22O4/c1-4-7-8-9-10-12(16-10,15-6-3)11(13)14-5-2/h10H,4-9H2,1-3H3. The number of carbonyl (C=O) groups excluding carboxylic acids is 1. The molecule has 0 aromatic heterocycles. The first-order valence-corrected chi connectivity index (χ1v) is 6.20. The van der Waals surface area contributed by atoms with Crippen molar-refractivity contribution in [3.05, 3.63) is 0 Å². The zero-order valence-electron chi connectivity index (χ0n) is 10.5. The largest absolute Gasteiger partial charge is 0.462 e. The minimum Gasteiger partial charge on any atom is -0.462 e. The van der Waals surface area contributed by atoms with Crippen LogP contribution >= 0.6 is 0 Å². The minimum absolute atomic E-state index is 0.113. The fourth-order valence-corrected chi connectivity index (χ4v) is 1.82. The highest BCUT2D eigenvalue weighted by Gasteiger charge is 2.65. The van der Waals surface area contributed by atoms with Crippen molar-refractivity contribution in [2.45, 2.75) is 58.3 Å². The lowest BCUT2D eigenvalue weighted by Gasteiger charge is -2.11. The highest BCUT2D eigenvalue weighted by atomic mass is 16.8. The third-order valence-electron chi connectivity index (χ3n) is 2.67. The molecule has 1 heterocycles. The highest BCUT2D eigenvalue weighted by molar-refractivity contribution is 5.81. The lowest BCUT2D eigenvalue weighted by atomic mass is 10.1. The Morgan fingerprint density at radius 2 is 2.00 bits per heavy atom. The summed E-state index contributed by atoms with van der Waals surface area (Å²) < 4.78 is 15.8. The second kappa shape index (κ2) is 6.21. The van der Waals surface area contributed by atoms with Crippen molar-refractivity contribution in [1.29, 1.82) is 0 Å². The Kier molecular flexibility index (Phi) is 5.22. The van der Waals surface area contributed by atoms with Gasteiger partial charge in [-0.25, -0.2) is 4.79 Å². The Hall–Kier alpha value is -0.610. The first kappa shape index (κ1) is 13.5. The summed E-state index contributed by atoms with van der Waals surface area (Å²) in [4.78, 5) is 11.7. The quantitative estimate of drug-likeness (QED) is 0.364. The molecule has 4 nitrogen and oxygen atoms in total. The molecule has 0 aromatic rings. The van der Waals surface area contributed by atoms with E-state index in [1.807, 2.05) is 6.92 Å². The lowest BCUT2D eigenvalue weighted by Crippen LogP contribution is -2.33. The maximum Gasteiger partial charge on any atom is 0.369 e. The molecule has 0 bridgehead atoms. The number of esters is 1. The van der Waals surface area contributed by atoms with Gasteiger partial charge in [0.25, 0.3) is 5.79 Å². The third kappa shape index (κ3) is 2.95. The van der Waals surface area contributed by atoms with Gasteiger partial charge in [-0.3, -0.25) is 0 Å². The zero-order chi connectivity index (χ0) is 12.0. The Balaban J connectivity index is 2.42. The summed E-state index contributed by atoms with van der Waals surface area (Å²) in [6.45, 7) is 6.61. The molecule has 2 atom stereocenters. The molecular formula is C12H22O4. The zero-order valence-corrected chi connectivity index (χ0v) is 10.5. The number of ether oxygens (including phenoxy) is 3. The number of unbranched alkanes of at least 4 members (excludes halogenated alkanes) is 2. The van der Waals surface area contributed by atoms with E-state index in [1.54, 1.807) is 6.92 Å². The number of rotatable bonds is 8. The molecule has 0 aliphatic carbocycles. The fraction of sp³-hybridized carbons (Fsp3) is 0.917. The number of hydrogen-bond donors (Lipinski definition) is 0. The van der Waals surface area contributed by atoms with Gasteiger partial charge in [0.2, 0.25) is 0 Å². The smallest absolute Gasteiger partial charge is 0.369 e. The van der Waals surface area contributed by atoms with Crippen LogP contribution in [0.5, 0.6) is 0 Å². The molecule has 1 rings (SSSR count). The lowest BCUT2D eigenvalue weighted by molar-refractivity contribution is -0.170. The number of hydrogen-bond acceptors (Lipinski definition) is 4. The van der Waals surface area contributed by atoms with Gasteiger partial charge in [-0.05, 0) is 20.3 Å². The van der Waals surface area contributed by atoms with Gasteiger partial charge in [0.1, 0.15) is 6.10 Å². The maximum absolute atomic E-state index is 11.7. The van der Waals surface area contributed by atoms with Crippen molar-refractivity contribution in [2.24, 2.45) is 0 Å². The predicted molar refractivity (Wildman–Crippen MR) is 60.0 cm³/mol. The molecule has 1 aliphatic heterocycles. The van der Waals surface area contributed by atoms with E-state index in [0.29, 0.717) is 13.2 Å². The van der Waals surface area contributed by atoms with E-state index < -0.39 is 5.79 Å². The average Bonchev–Trinajstić information content (AvgIpc) is 2.95. The average molecular weight is 230 g/mol. The molecule has 1 aliphatic rings. The Morgan fingerprint density at radius 1 is 1.25 bits per heavy atom. The van der Waals surface area contributed by atoms with Crippen LogP contribution in [0.4, 0.5) is 0 Å². The molecule has 0 spiro atoms. The SMILES string of the molecule is CCCCCC1OC1(OCC)C(=O)OCC. The third-order valence-corrected chi connectivity index (χ3v) is 2.67. The molecule has 1 fully saturated rings. The van der Waals surface area contributed by atoms with Crippen molar-refractivity contribution >= 4 is 5.97 Å². The van der Waals surface area contributed by atoms with E-state index in [2.05, 4.69) is 6.92 Å². The van der Waals surface area contributed by atoms with Gasteiger partial charge in [-0.2, -0.15) is 0 Å². The maximum atomic E-state index is 11.7. The predicted octanol–water partition coefficient (Wildman–Crippen LogP) is 2.26. The molecule has 0 amide bonds. The van der Waals surface area contributed by atoms with Gasteiger partial charge < -0.3 is 14.2 Å². The van der Waals surface area contributed by atoms with Gasteiger partial charge >= 0.3 is 5.97 Å². The van der Waals surface area contributed by atoms with Gasteiger partial charge in [0.05, 0.1) is 6.61 Å². The minimum atomic E-state index is -1.08. The molecule has 4 heteroatoms. The molecule has 0 N–H and O–H groups in total. The molecule has 16 heavy (non-hydrogen) atoms. The van der Waals surface area contributed by atoms with E-state index in [9.17, 15) is 4.79 Å². The van der Waals surface area contributed by atoms with Gasteiger partial charge in [-0.1, -0.05) is 26.2 Å². The van der Waals surface area contributed by atoms with Crippen LogP contribution in [0.25, 0.3) is 0 Å². The summed E-state index contributed by atoms with van der Waals surface area (Å²) in [6.07, 6.45) is 4.14. The van der Waals surface area contributed by atoms with Gasteiger partial charge in [-0.15, -0.1) is 0 Å². The van der Waals surface area contributed by atoms with Crippen LogP contribution in [-0.2, 0) is 19.0 Å². The van der Waals surface area contributed by atoms with Crippen LogP contribution in [0.15, 0.2) is 0 Å².